The Morgan fingerprint density at radius 3 is 1.56 bits per heavy atom. The van der Waals surface area contributed by atoms with Crippen LogP contribution >= 0.6 is 0 Å². The van der Waals surface area contributed by atoms with Gasteiger partial charge in [-0.3, -0.25) is 14.5 Å². The van der Waals surface area contributed by atoms with Gasteiger partial charge in [0.15, 0.2) is 0 Å². The van der Waals surface area contributed by atoms with Crippen molar-refractivity contribution in [2.24, 2.45) is 0 Å². The first-order valence-corrected chi connectivity index (χ1v) is 21.7. The predicted molar refractivity (Wildman–Crippen MR) is 213 cm³/mol. The van der Waals surface area contributed by atoms with Crippen LogP contribution in [0, 0.1) is 0 Å². The van der Waals surface area contributed by atoms with E-state index in [1.807, 2.05) is 0 Å². The molecular formula is C45H81NO4. The lowest BCUT2D eigenvalue weighted by Gasteiger charge is -2.22. The highest BCUT2D eigenvalue weighted by Gasteiger charge is 2.14. The minimum Gasteiger partial charge on any atom is -0.466 e. The van der Waals surface area contributed by atoms with Crippen molar-refractivity contribution in [2.45, 2.75) is 220 Å². The van der Waals surface area contributed by atoms with E-state index in [0.29, 0.717) is 19.4 Å². The lowest BCUT2D eigenvalue weighted by molar-refractivity contribution is -0.150. The Balaban J connectivity index is 2.19. The molecule has 0 aliphatic heterocycles. The summed E-state index contributed by atoms with van der Waals surface area (Å²) in [5.74, 6) is 0.00432. The van der Waals surface area contributed by atoms with Crippen molar-refractivity contribution in [3.8, 4) is 0 Å². The van der Waals surface area contributed by atoms with Crippen LogP contribution in [0.2, 0.25) is 0 Å². The molecule has 0 aromatic heterocycles. The maximum Gasteiger partial charge on any atom is 0.306 e. The molecule has 0 aliphatic rings. The van der Waals surface area contributed by atoms with Gasteiger partial charge in [-0.2, -0.15) is 0 Å². The fraction of sp³-hybridized carbons (Fsp3) is 0.822. The summed E-state index contributed by atoms with van der Waals surface area (Å²) in [6.45, 7) is 10.6. The minimum absolute atomic E-state index is 0.0141. The Labute approximate surface area is 310 Å². The summed E-state index contributed by atoms with van der Waals surface area (Å²) in [6, 6.07) is 10.8. The van der Waals surface area contributed by atoms with Gasteiger partial charge in [0.1, 0.15) is 6.10 Å². The number of ether oxygens (including phenoxy) is 2. The van der Waals surface area contributed by atoms with Crippen LogP contribution in [0.5, 0.6) is 0 Å². The molecule has 0 N–H and O–H groups in total. The highest BCUT2D eigenvalue weighted by Crippen LogP contribution is 2.17. The topological polar surface area (TPSA) is 55.8 Å². The summed E-state index contributed by atoms with van der Waals surface area (Å²) in [7, 11) is 0. The van der Waals surface area contributed by atoms with Crippen molar-refractivity contribution >= 4 is 11.9 Å². The number of benzene rings is 1. The van der Waals surface area contributed by atoms with Gasteiger partial charge in [0.2, 0.25) is 0 Å². The zero-order chi connectivity index (χ0) is 36.2. The molecule has 290 valence electrons. The molecule has 50 heavy (non-hydrogen) atoms. The monoisotopic (exact) mass is 700 g/mol. The third kappa shape index (κ3) is 29.8. The molecular weight excluding hydrogens is 618 g/mol. The average molecular weight is 700 g/mol. The molecule has 0 fully saturated rings. The number of rotatable bonds is 37. The molecule has 0 bridgehead atoms. The largest absolute Gasteiger partial charge is 0.466 e. The van der Waals surface area contributed by atoms with Gasteiger partial charge in [0.25, 0.3) is 0 Å². The van der Waals surface area contributed by atoms with Gasteiger partial charge in [0, 0.05) is 19.4 Å². The first kappa shape index (κ1) is 46.1. The normalized spacial score (nSPS) is 12.0. The van der Waals surface area contributed by atoms with Crippen molar-refractivity contribution in [3.05, 3.63) is 35.9 Å². The van der Waals surface area contributed by atoms with Gasteiger partial charge in [-0.25, -0.2) is 0 Å². The summed E-state index contributed by atoms with van der Waals surface area (Å²) >= 11 is 0. The van der Waals surface area contributed by atoms with E-state index in [2.05, 4.69) is 56.0 Å². The van der Waals surface area contributed by atoms with Gasteiger partial charge in [0.05, 0.1) is 6.61 Å². The van der Waals surface area contributed by atoms with Crippen LogP contribution < -0.4 is 0 Å². The second kappa shape index (κ2) is 35.5. The van der Waals surface area contributed by atoms with Crippen molar-refractivity contribution in [2.75, 3.05) is 19.7 Å². The lowest BCUT2D eigenvalue weighted by Crippen LogP contribution is -2.25. The SMILES string of the molecule is CCCCCCCCCOC(=O)CCCCCCCN(CCCCCCCC(=O)OC(CCCC)CCCCCCCC)Cc1ccccc1. The molecule has 0 saturated carbocycles. The van der Waals surface area contributed by atoms with Gasteiger partial charge in [-0.15, -0.1) is 0 Å². The van der Waals surface area contributed by atoms with Gasteiger partial charge in [-0.05, 0) is 70.0 Å². The van der Waals surface area contributed by atoms with E-state index in [-0.39, 0.29) is 18.0 Å². The predicted octanol–water partition coefficient (Wildman–Crippen LogP) is 13.3. The standard InChI is InChI=1S/C45H81NO4/c1-4-7-10-12-14-22-31-40-49-44(47)36-27-18-15-20-29-38-46(41-42-32-24-23-25-33-42)39-30-21-16-19-28-37-45(48)50-43(34-9-6-3)35-26-17-13-11-8-5-2/h23-25,32-33,43H,4-22,26-31,34-41H2,1-3H3. The van der Waals surface area contributed by atoms with Gasteiger partial charge < -0.3 is 9.47 Å². The number of hydrogen-bond acceptors (Lipinski definition) is 5. The van der Waals surface area contributed by atoms with E-state index >= 15 is 0 Å². The molecule has 0 spiro atoms. The Morgan fingerprint density at radius 1 is 0.520 bits per heavy atom. The lowest BCUT2D eigenvalue weighted by atomic mass is 10.0. The van der Waals surface area contributed by atoms with Gasteiger partial charge >= 0.3 is 11.9 Å². The second-order valence-corrected chi connectivity index (χ2v) is 14.9. The van der Waals surface area contributed by atoms with E-state index in [9.17, 15) is 9.59 Å². The van der Waals surface area contributed by atoms with Crippen molar-refractivity contribution in [1.29, 1.82) is 0 Å². The molecule has 0 aliphatic carbocycles. The molecule has 1 aromatic rings. The Morgan fingerprint density at radius 2 is 0.980 bits per heavy atom. The molecule has 1 unspecified atom stereocenters. The average Bonchev–Trinajstić information content (AvgIpc) is 3.12. The molecule has 0 heterocycles. The van der Waals surface area contributed by atoms with Crippen LogP contribution in [-0.4, -0.2) is 42.6 Å². The van der Waals surface area contributed by atoms with E-state index in [0.717, 1.165) is 77.4 Å². The highest BCUT2D eigenvalue weighted by molar-refractivity contribution is 5.69. The molecule has 1 aromatic carbocycles. The van der Waals surface area contributed by atoms with E-state index in [1.165, 1.54) is 121 Å². The van der Waals surface area contributed by atoms with Crippen LogP contribution in [-0.2, 0) is 25.6 Å². The van der Waals surface area contributed by atoms with E-state index < -0.39 is 0 Å². The zero-order valence-corrected chi connectivity index (χ0v) is 33.4. The molecule has 1 rings (SSSR count). The fourth-order valence-electron chi connectivity index (χ4n) is 6.79. The quantitative estimate of drug-likeness (QED) is 0.0511. The number of carbonyl (C=O) groups is 2. The smallest absolute Gasteiger partial charge is 0.306 e. The van der Waals surface area contributed by atoms with E-state index in [1.54, 1.807) is 0 Å². The summed E-state index contributed by atoms with van der Waals surface area (Å²) in [5.41, 5.74) is 1.38. The molecule has 5 heteroatoms. The van der Waals surface area contributed by atoms with Crippen molar-refractivity contribution in [1.82, 2.24) is 4.90 Å². The second-order valence-electron chi connectivity index (χ2n) is 14.9. The Hall–Kier alpha value is -1.88. The van der Waals surface area contributed by atoms with Crippen molar-refractivity contribution < 1.29 is 19.1 Å². The molecule has 0 radical (unpaired) electrons. The fourth-order valence-corrected chi connectivity index (χ4v) is 6.79. The first-order valence-electron chi connectivity index (χ1n) is 21.7. The zero-order valence-electron chi connectivity index (χ0n) is 33.4. The summed E-state index contributed by atoms with van der Waals surface area (Å²) in [4.78, 5) is 27.3. The van der Waals surface area contributed by atoms with Crippen LogP contribution in [0.15, 0.2) is 30.3 Å². The van der Waals surface area contributed by atoms with Gasteiger partial charge in [-0.1, -0.05) is 173 Å². The number of hydrogen-bond donors (Lipinski definition) is 0. The number of nitrogens with zero attached hydrogens (tertiary/aromatic N) is 1. The minimum atomic E-state index is -0.0141. The Bertz CT molecular complexity index is 875. The number of carbonyl (C=O) groups excluding carboxylic acids is 2. The highest BCUT2D eigenvalue weighted by atomic mass is 16.5. The summed E-state index contributed by atoms with van der Waals surface area (Å²) in [5, 5.41) is 0. The van der Waals surface area contributed by atoms with E-state index in [4.69, 9.17) is 9.47 Å². The van der Waals surface area contributed by atoms with Crippen molar-refractivity contribution in [3.63, 3.8) is 0 Å². The summed E-state index contributed by atoms with van der Waals surface area (Å²) < 4.78 is 11.4. The molecule has 0 saturated heterocycles. The van der Waals surface area contributed by atoms with Crippen LogP contribution in [0.25, 0.3) is 0 Å². The van der Waals surface area contributed by atoms with Crippen LogP contribution in [0.1, 0.15) is 213 Å². The van der Waals surface area contributed by atoms with Crippen LogP contribution in [0.4, 0.5) is 0 Å². The number of esters is 2. The van der Waals surface area contributed by atoms with Crippen LogP contribution in [0.3, 0.4) is 0 Å². The Kier molecular flexibility index (Phi) is 32.8. The maximum atomic E-state index is 12.6. The third-order valence-electron chi connectivity index (χ3n) is 10.0. The molecule has 5 nitrogen and oxygen atoms in total. The summed E-state index contributed by atoms with van der Waals surface area (Å²) in [6.07, 6.45) is 33.4. The molecule has 0 amide bonds. The maximum absolute atomic E-state index is 12.6. The third-order valence-corrected chi connectivity index (χ3v) is 10.0. The molecule has 1 atom stereocenters. The number of unbranched alkanes of at least 4 members (excludes halogenated alkanes) is 20. The first-order chi connectivity index (χ1) is 24.6.